The highest BCUT2D eigenvalue weighted by Crippen LogP contribution is 2.13. The number of nitrogens with zero attached hydrogens (tertiary/aromatic N) is 3. The van der Waals surface area contributed by atoms with Crippen molar-refractivity contribution in [3.63, 3.8) is 0 Å². The molecule has 0 aromatic carbocycles. The monoisotopic (exact) mass is 238 g/mol. The molecule has 1 atom stereocenters. The Morgan fingerprint density at radius 3 is 2.88 bits per heavy atom. The fourth-order valence-corrected chi connectivity index (χ4v) is 1.95. The van der Waals surface area contributed by atoms with Crippen LogP contribution in [0, 0.1) is 5.82 Å². The zero-order valence-electron chi connectivity index (χ0n) is 9.69. The van der Waals surface area contributed by atoms with Crippen molar-refractivity contribution in [2.45, 2.75) is 25.8 Å². The molecule has 0 saturated carbocycles. The molecule has 0 radical (unpaired) electrons. The first kappa shape index (κ1) is 11.8. The first-order valence-corrected chi connectivity index (χ1v) is 5.65. The molecule has 0 spiro atoms. The molecule has 2 heterocycles. The molecule has 6 heteroatoms. The number of hydrogen-bond donors (Lipinski definition) is 1. The average molecular weight is 238 g/mol. The molecule has 1 aromatic heterocycles. The van der Waals surface area contributed by atoms with E-state index in [4.69, 9.17) is 0 Å². The van der Waals surface area contributed by atoms with Gasteiger partial charge in [0, 0.05) is 26.1 Å². The molecule has 5 nitrogen and oxygen atoms in total. The zero-order valence-corrected chi connectivity index (χ0v) is 9.69. The second-order valence-electron chi connectivity index (χ2n) is 4.17. The molecular weight excluding hydrogens is 223 g/mol. The molecule has 0 aliphatic carbocycles. The van der Waals surface area contributed by atoms with Crippen LogP contribution in [0.5, 0.6) is 0 Å². The Hall–Kier alpha value is -1.72. The normalized spacial score (nSPS) is 20.1. The molecule has 1 saturated heterocycles. The number of piperidine rings is 1. The summed E-state index contributed by atoms with van der Waals surface area (Å²) >= 11 is 0. The van der Waals surface area contributed by atoms with E-state index in [1.165, 1.54) is 0 Å². The molecule has 1 fully saturated rings. The maximum Gasteiger partial charge on any atom is 0.223 e. The first-order chi connectivity index (χ1) is 8.15. The van der Waals surface area contributed by atoms with E-state index >= 15 is 0 Å². The van der Waals surface area contributed by atoms with Crippen LogP contribution in [0.25, 0.3) is 0 Å². The second kappa shape index (κ2) is 5.07. The van der Waals surface area contributed by atoms with Crippen molar-refractivity contribution in [2.75, 3.05) is 18.4 Å². The van der Waals surface area contributed by atoms with E-state index in [-0.39, 0.29) is 11.9 Å². The van der Waals surface area contributed by atoms with E-state index in [9.17, 15) is 9.18 Å². The van der Waals surface area contributed by atoms with E-state index < -0.39 is 5.82 Å². The van der Waals surface area contributed by atoms with Crippen molar-refractivity contribution in [2.24, 2.45) is 0 Å². The molecule has 92 valence electrons. The number of anilines is 1. The lowest BCUT2D eigenvalue weighted by Gasteiger charge is -2.32. The molecule has 2 rings (SSSR count). The Morgan fingerprint density at radius 1 is 1.53 bits per heavy atom. The fourth-order valence-electron chi connectivity index (χ4n) is 1.95. The summed E-state index contributed by atoms with van der Waals surface area (Å²) in [5.41, 5.74) is 0. The number of aromatic nitrogens is 2. The number of carbonyl (C=O) groups excluding carboxylic acids is 1. The lowest BCUT2D eigenvalue weighted by molar-refractivity contribution is -0.129. The van der Waals surface area contributed by atoms with Gasteiger partial charge in [-0.05, 0) is 12.8 Å². The van der Waals surface area contributed by atoms with Gasteiger partial charge in [-0.2, -0.15) is 0 Å². The van der Waals surface area contributed by atoms with Gasteiger partial charge in [0.1, 0.15) is 0 Å². The van der Waals surface area contributed by atoms with Crippen molar-refractivity contribution >= 4 is 11.9 Å². The zero-order chi connectivity index (χ0) is 12.3. The Kier molecular flexibility index (Phi) is 3.51. The predicted molar refractivity (Wildman–Crippen MR) is 60.9 cm³/mol. The average Bonchev–Trinajstić information content (AvgIpc) is 2.32. The standard InChI is InChI=1S/C11H15FN4O/c1-8(17)16-4-2-3-10(7-16)15-11-13-5-9(12)6-14-11/h5-6,10H,2-4,7H2,1H3,(H,13,14,15)/t10-/m0/s1. The van der Waals surface area contributed by atoms with Gasteiger partial charge in [0.15, 0.2) is 5.82 Å². The van der Waals surface area contributed by atoms with Gasteiger partial charge in [0.05, 0.1) is 12.4 Å². The van der Waals surface area contributed by atoms with Crippen LogP contribution in [0.1, 0.15) is 19.8 Å². The van der Waals surface area contributed by atoms with E-state index in [0.29, 0.717) is 12.5 Å². The van der Waals surface area contributed by atoms with Gasteiger partial charge in [0.25, 0.3) is 0 Å². The van der Waals surface area contributed by atoms with E-state index in [1.54, 1.807) is 11.8 Å². The second-order valence-corrected chi connectivity index (χ2v) is 4.17. The predicted octanol–water partition coefficient (Wildman–Crippen LogP) is 1.04. The van der Waals surface area contributed by atoms with Crippen LogP contribution in [-0.2, 0) is 4.79 Å². The van der Waals surface area contributed by atoms with Crippen LogP contribution in [0.3, 0.4) is 0 Å². The minimum absolute atomic E-state index is 0.0801. The minimum atomic E-state index is -0.454. The van der Waals surface area contributed by atoms with Crippen molar-refractivity contribution in [3.8, 4) is 0 Å². The summed E-state index contributed by atoms with van der Waals surface area (Å²) in [6, 6.07) is 0.137. The molecule has 1 aromatic rings. The van der Waals surface area contributed by atoms with E-state index in [1.807, 2.05) is 0 Å². The Morgan fingerprint density at radius 2 is 2.24 bits per heavy atom. The van der Waals surface area contributed by atoms with Crippen LogP contribution < -0.4 is 5.32 Å². The van der Waals surface area contributed by atoms with E-state index in [0.717, 1.165) is 31.8 Å². The van der Waals surface area contributed by atoms with Gasteiger partial charge < -0.3 is 10.2 Å². The van der Waals surface area contributed by atoms with Crippen LogP contribution in [0.4, 0.5) is 10.3 Å². The maximum atomic E-state index is 12.6. The smallest absolute Gasteiger partial charge is 0.223 e. The number of amides is 1. The highest BCUT2D eigenvalue weighted by Gasteiger charge is 2.21. The highest BCUT2D eigenvalue weighted by atomic mass is 19.1. The summed E-state index contributed by atoms with van der Waals surface area (Å²) in [6.07, 6.45) is 4.17. The first-order valence-electron chi connectivity index (χ1n) is 5.65. The van der Waals surface area contributed by atoms with Crippen LogP contribution >= 0.6 is 0 Å². The third-order valence-electron chi connectivity index (χ3n) is 2.82. The SMILES string of the molecule is CC(=O)N1CCC[C@H](Nc2ncc(F)cn2)C1. The Balaban J connectivity index is 1.94. The topological polar surface area (TPSA) is 58.1 Å². The number of hydrogen-bond acceptors (Lipinski definition) is 4. The van der Waals surface area contributed by atoms with Gasteiger partial charge in [-0.25, -0.2) is 14.4 Å². The highest BCUT2D eigenvalue weighted by molar-refractivity contribution is 5.73. The van der Waals surface area contributed by atoms with Crippen molar-refractivity contribution in [1.29, 1.82) is 0 Å². The lowest BCUT2D eigenvalue weighted by atomic mass is 10.1. The summed E-state index contributed by atoms with van der Waals surface area (Å²) in [5.74, 6) is 0.0304. The lowest BCUT2D eigenvalue weighted by Crippen LogP contribution is -2.44. The maximum absolute atomic E-state index is 12.6. The van der Waals surface area contributed by atoms with Gasteiger partial charge >= 0.3 is 0 Å². The van der Waals surface area contributed by atoms with Crippen LogP contribution in [0.15, 0.2) is 12.4 Å². The van der Waals surface area contributed by atoms with E-state index in [2.05, 4.69) is 15.3 Å². The summed E-state index contributed by atoms with van der Waals surface area (Å²) in [4.78, 5) is 20.7. The molecular formula is C11H15FN4O. The number of nitrogens with one attached hydrogen (secondary N) is 1. The van der Waals surface area contributed by atoms with Crippen LogP contribution in [-0.4, -0.2) is 39.9 Å². The van der Waals surface area contributed by atoms with Gasteiger partial charge in [-0.3, -0.25) is 4.79 Å². The number of halogens is 1. The van der Waals surface area contributed by atoms with Crippen molar-refractivity contribution in [1.82, 2.24) is 14.9 Å². The van der Waals surface area contributed by atoms with Crippen molar-refractivity contribution < 1.29 is 9.18 Å². The molecule has 0 unspecified atom stereocenters. The summed E-state index contributed by atoms with van der Waals surface area (Å²) in [6.45, 7) is 3.02. The quantitative estimate of drug-likeness (QED) is 0.836. The minimum Gasteiger partial charge on any atom is -0.350 e. The largest absolute Gasteiger partial charge is 0.350 e. The number of likely N-dealkylation sites (tertiary alicyclic amines) is 1. The number of carbonyl (C=O) groups is 1. The summed E-state index contributed by atoms with van der Waals surface area (Å²) in [5, 5.41) is 3.11. The van der Waals surface area contributed by atoms with Crippen LogP contribution in [0.2, 0.25) is 0 Å². The van der Waals surface area contributed by atoms with Gasteiger partial charge in [-0.1, -0.05) is 0 Å². The summed E-state index contributed by atoms with van der Waals surface area (Å²) in [7, 11) is 0. The molecule has 1 amide bonds. The Labute approximate surface area is 99.1 Å². The van der Waals surface area contributed by atoms with Gasteiger partial charge in [-0.15, -0.1) is 0 Å². The third-order valence-corrected chi connectivity index (χ3v) is 2.82. The summed E-state index contributed by atoms with van der Waals surface area (Å²) < 4.78 is 12.6. The van der Waals surface area contributed by atoms with Gasteiger partial charge in [0.2, 0.25) is 11.9 Å². The fraction of sp³-hybridized carbons (Fsp3) is 0.545. The molecule has 1 N–H and O–H groups in total. The molecule has 17 heavy (non-hydrogen) atoms. The molecule has 0 bridgehead atoms. The molecule has 1 aliphatic rings. The third kappa shape index (κ3) is 3.12. The Bertz CT molecular complexity index is 395. The van der Waals surface area contributed by atoms with Crippen molar-refractivity contribution in [3.05, 3.63) is 18.2 Å². The number of rotatable bonds is 2. The molecule has 1 aliphatic heterocycles.